The predicted molar refractivity (Wildman–Crippen MR) is 96.4 cm³/mol. The monoisotopic (exact) mass is 395 g/mol. The molecule has 0 radical (unpaired) electrons. The average Bonchev–Trinajstić information content (AvgIpc) is 3.18. The van der Waals surface area contributed by atoms with Gasteiger partial charge < -0.3 is 28.6 Å². The van der Waals surface area contributed by atoms with E-state index in [2.05, 4.69) is 4.74 Å². The van der Waals surface area contributed by atoms with Gasteiger partial charge in [0.15, 0.2) is 6.79 Å². The fourth-order valence-electron chi connectivity index (χ4n) is 2.84. The van der Waals surface area contributed by atoms with Crippen LogP contribution >= 0.6 is 0 Å². The summed E-state index contributed by atoms with van der Waals surface area (Å²) in [6, 6.07) is 9.40. The number of nitrogens with zero attached hydrogens (tertiary/aromatic N) is 1. The minimum Gasteiger partial charge on any atom is -0.494 e. The predicted octanol–water partition coefficient (Wildman–Crippen LogP) is 1.46. The normalized spacial score (nSPS) is 18.4. The fourth-order valence-corrected chi connectivity index (χ4v) is 2.84. The van der Waals surface area contributed by atoms with Gasteiger partial charge >= 0.3 is 18.0 Å². The number of amides is 1. The van der Waals surface area contributed by atoms with Gasteiger partial charge in [-0.2, -0.15) is 0 Å². The largest absolute Gasteiger partial charge is 0.494 e. The van der Waals surface area contributed by atoms with Crippen LogP contribution in [0.25, 0.3) is 0 Å². The summed E-state index contributed by atoms with van der Waals surface area (Å²) < 4.78 is 25.2. The second kappa shape index (κ2) is 11.1. The molecule has 1 fully saturated rings. The molecular weight excluding hydrogens is 370 g/mol. The minimum absolute atomic E-state index is 0.0240. The molecule has 1 saturated heterocycles. The zero-order chi connectivity index (χ0) is 20.4. The first kappa shape index (κ1) is 21.5. The molecule has 1 aromatic rings. The number of rotatable bonds is 9. The van der Waals surface area contributed by atoms with Crippen molar-refractivity contribution < 1.29 is 38.1 Å². The van der Waals surface area contributed by atoms with Crippen molar-refractivity contribution in [2.24, 2.45) is 11.8 Å². The number of carbonyl (C=O) groups excluding carboxylic acids is 3. The van der Waals surface area contributed by atoms with E-state index >= 15 is 0 Å². The molecule has 1 heterocycles. The first-order valence-corrected chi connectivity index (χ1v) is 8.89. The van der Waals surface area contributed by atoms with Gasteiger partial charge in [-0.05, 0) is 12.1 Å². The van der Waals surface area contributed by atoms with E-state index in [0.29, 0.717) is 19.6 Å². The molecule has 0 saturated carbocycles. The molecule has 0 aliphatic carbocycles. The number of methoxy groups -OCH3 is 2. The zero-order valence-electron chi connectivity index (χ0n) is 16.0. The van der Waals surface area contributed by atoms with Gasteiger partial charge in [-0.15, -0.1) is 0 Å². The first-order chi connectivity index (χ1) is 13.6. The van der Waals surface area contributed by atoms with Crippen molar-refractivity contribution in [3.8, 4) is 5.75 Å². The Bertz CT molecular complexity index is 651. The van der Waals surface area contributed by atoms with Gasteiger partial charge in [0.05, 0.1) is 39.3 Å². The smallest absolute Gasteiger partial charge is 0.409 e. The van der Waals surface area contributed by atoms with Crippen molar-refractivity contribution in [3.05, 3.63) is 30.3 Å². The molecule has 9 heteroatoms. The maximum atomic E-state index is 12.3. The van der Waals surface area contributed by atoms with Gasteiger partial charge in [0, 0.05) is 19.5 Å². The number of hydrogen-bond donors (Lipinski definition) is 0. The Morgan fingerprint density at radius 1 is 0.964 bits per heavy atom. The van der Waals surface area contributed by atoms with E-state index in [-0.39, 0.29) is 19.9 Å². The summed E-state index contributed by atoms with van der Waals surface area (Å²) >= 11 is 0. The summed E-state index contributed by atoms with van der Waals surface area (Å²) in [7, 11) is 2.46. The number of benzene rings is 1. The molecule has 2 atom stereocenters. The van der Waals surface area contributed by atoms with Gasteiger partial charge in [0.25, 0.3) is 0 Å². The molecule has 1 aliphatic heterocycles. The van der Waals surface area contributed by atoms with Crippen LogP contribution in [0.5, 0.6) is 5.75 Å². The van der Waals surface area contributed by atoms with Crippen molar-refractivity contribution in [1.82, 2.24) is 4.90 Å². The number of ether oxygens (including phenoxy) is 5. The minimum atomic E-state index is -0.823. The third kappa shape index (κ3) is 6.12. The third-order valence-electron chi connectivity index (χ3n) is 4.29. The molecule has 1 amide bonds. The quantitative estimate of drug-likeness (QED) is 0.268. The Morgan fingerprint density at radius 2 is 1.64 bits per heavy atom. The lowest BCUT2D eigenvalue weighted by Gasteiger charge is -2.15. The molecule has 1 aliphatic rings. The summed E-state index contributed by atoms with van der Waals surface area (Å²) in [5.41, 5.74) is 0. The van der Waals surface area contributed by atoms with Crippen molar-refractivity contribution in [2.75, 3.05) is 47.3 Å². The van der Waals surface area contributed by atoms with Gasteiger partial charge in [-0.1, -0.05) is 18.2 Å². The molecule has 9 nitrogen and oxygen atoms in total. The topological polar surface area (TPSA) is 101 Å². The average molecular weight is 395 g/mol. The van der Waals surface area contributed by atoms with E-state index in [9.17, 15) is 14.4 Å². The maximum absolute atomic E-state index is 12.3. The van der Waals surface area contributed by atoms with Gasteiger partial charge in [-0.3, -0.25) is 9.59 Å². The van der Waals surface area contributed by atoms with Gasteiger partial charge in [0.1, 0.15) is 5.75 Å². The maximum Gasteiger partial charge on any atom is 0.409 e. The Balaban J connectivity index is 1.69. The number of likely N-dealkylation sites (tertiary alicyclic amines) is 1. The molecule has 154 valence electrons. The highest BCUT2D eigenvalue weighted by atomic mass is 16.7. The number of esters is 2. The van der Waals surface area contributed by atoms with E-state index in [1.54, 1.807) is 0 Å². The number of para-hydroxylation sites is 1. The highest BCUT2D eigenvalue weighted by molar-refractivity contribution is 5.84. The molecule has 2 rings (SSSR count). The third-order valence-corrected chi connectivity index (χ3v) is 4.29. The van der Waals surface area contributed by atoms with Crippen LogP contribution in [0.15, 0.2) is 30.3 Å². The van der Waals surface area contributed by atoms with Crippen LogP contribution < -0.4 is 4.74 Å². The fraction of sp³-hybridized carbons (Fsp3) is 0.526. The first-order valence-electron chi connectivity index (χ1n) is 8.89. The van der Waals surface area contributed by atoms with Crippen LogP contribution in [0.4, 0.5) is 4.79 Å². The molecular formula is C19H25NO8. The van der Waals surface area contributed by atoms with Crippen LogP contribution in [0.3, 0.4) is 0 Å². The highest BCUT2D eigenvalue weighted by Crippen LogP contribution is 2.26. The molecule has 2 unspecified atom stereocenters. The van der Waals surface area contributed by atoms with Crippen LogP contribution in [-0.4, -0.2) is 70.2 Å². The Labute approximate surface area is 163 Å². The van der Waals surface area contributed by atoms with Crippen molar-refractivity contribution in [2.45, 2.75) is 6.42 Å². The number of carbonyl (C=O) groups is 3. The van der Waals surface area contributed by atoms with Gasteiger partial charge in [-0.25, -0.2) is 4.79 Å². The lowest BCUT2D eigenvalue weighted by atomic mass is 9.96. The van der Waals surface area contributed by atoms with Crippen molar-refractivity contribution >= 4 is 18.0 Å². The molecule has 0 N–H and O–H groups in total. The van der Waals surface area contributed by atoms with E-state index in [0.717, 1.165) is 5.75 Å². The van der Waals surface area contributed by atoms with Crippen LogP contribution in [-0.2, 0) is 28.5 Å². The highest BCUT2D eigenvalue weighted by Gasteiger charge is 2.45. The van der Waals surface area contributed by atoms with Crippen LogP contribution in [0.2, 0.25) is 0 Å². The summed E-state index contributed by atoms with van der Waals surface area (Å²) in [5.74, 6) is -2.04. The van der Waals surface area contributed by atoms with E-state index in [4.69, 9.17) is 18.9 Å². The van der Waals surface area contributed by atoms with Crippen LogP contribution in [0.1, 0.15) is 6.42 Å². The zero-order valence-corrected chi connectivity index (χ0v) is 16.0. The number of hydrogen-bond acceptors (Lipinski definition) is 8. The lowest BCUT2D eigenvalue weighted by Crippen LogP contribution is -2.31. The molecule has 0 bridgehead atoms. The molecule has 0 spiro atoms. The van der Waals surface area contributed by atoms with E-state index < -0.39 is 29.9 Å². The summed E-state index contributed by atoms with van der Waals surface area (Å²) in [4.78, 5) is 37.1. The molecule has 28 heavy (non-hydrogen) atoms. The SMILES string of the molecule is COC(=O)C1CN(C(=O)OC)CC1C(=O)OCOCCCOc1ccccc1. The second-order valence-corrected chi connectivity index (χ2v) is 6.12. The summed E-state index contributed by atoms with van der Waals surface area (Å²) in [5, 5.41) is 0. The second-order valence-electron chi connectivity index (χ2n) is 6.12. The van der Waals surface area contributed by atoms with Crippen LogP contribution in [0, 0.1) is 11.8 Å². The molecule has 1 aromatic carbocycles. The van der Waals surface area contributed by atoms with Gasteiger partial charge in [0.2, 0.25) is 0 Å². The van der Waals surface area contributed by atoms with Crippen molar-refractivity contribution in [1.29, 1.82) is 0 Å². The Morgan fingerprint density at radius 3 is 2.29 bits per heavy atom. The van der Waals surface area contributed by atoms with Crippen molar-refractivity contribution in [3.63, 3.8) is 0 Å². The lowest BCUT2D eigenvalue weighted by molar-refractivity contribution is -0.166. The Hall–Kier alpha value is -2.81. The Kier molecular flexibility index (Phi) is 8.54. The van der Waals surface area contributed by atoms with E-state index in [1.807, 2.05) is 30.3 Å². The summed E-state index contributed by atoms with van der Waals surface area (Å²) in [6.07, 6.45) is 0.00964. The van der Waals surface area contributed by atoms with E-state index in [1.165, 1.54) is 19.1 Å². The molecule has 0 aromatic heterocycles. The standard InChI is InChI=1S/C19H25NO8/c1-24-17(21)15-11-20(19(23)25-2)12-16(15)18(22)28-13-26-9-6-10-27-14-7-4-3-5-8-14/h3-5,7-8,15-16H,6,9-13H2,1-2H3. The summed E-state index contributed by atoms with van der Waals surface area (Å²) in [6.45, 7) is 0.637.